The fourth-order valence-corrected chi connectivity index (χ4v) is 2.97. The smallest absolute Gasteiger partial charge is 0.302 e. The van der Waals surface area contributed by atoms with Crippen LogP contribution in [0.15, 0.2) is 0 Å². The monoisotopic (exact) mass is 274 g/mol. The van der Waals surface area contributed by atoms with Crippen molar-refractivity contribution in [1.29, 1.82) is 0 Å². The molecule has 0 aliphatic heterocycles. The van der Waals surface area contributed by atoms with E-state index in [4.69, 9.17) is 9.16 Å². The summed E-state index contributed by atoms with van der Waals surface area (Å²) in [7, 11) is -1.64. The molecule has 0 bridgehead atoms. The van der Waals surface area contributed by atoms with Gasteiger partial charge in [-0.05, 0) is 44.3 Å². The van der Waals surface area contributed by atoms with Gasteiger partial charge in [-0.1, -0.05) is 20.8 Å². The third-order valence-electron chi connectivity index (χ3n) is 3.61. The maximum atomic E-state index is 10.6. The van der Waals surface area contributed by atoms with Crippen molar-refractivity contribution in [1.82, 2.24) is 0 Å². The SMILES string of the molecule is CC(=O)OCCCC[C@H](C)O[Si](C)(C)C(C)(C)C. The van der Waals surface area contributed by atoms with Gasteiger partial charge in [-0.25, -0.2) is 0 Å². The summed E-state index contributed by atoms with van der Waals surface area (Å²) in [5, 5.41) is 0.263. The van der Waals surface area contributed by atoms with E-state index in [0.717, 1.165) is 19.3 Å². The molecule has 0 aromatic rings. The van der Waals surface area contributed by atoms with Crippen molar-refractivity contribution < 1.29 is 14.0 Å². The van der Waals surface area contributed by atoms with E-state index < -0.39 is 8.32 Å². The van der Waals surface area contributed by atoms with Crippen LogP contribution in [0.1, 0.15) is 53.9 Å². The van der Waals surface area contributed by atoms with Gasteiger partial charge in [-0.3, -0.25) is 4.79 Å². The molecule has 3 nitrogen and oxygen atoms in total. The number of rotatable bonds is 7. The number of hydrogen-bond acceptors (Lipinski definition) is 3. The highest BCUT2D eigenvalue weighted by Crippen LogP contribution is 2.37. The van der Waals surface area contributed by atoms with Gasteiger partial charge >= 0.3 is 5.97 Å². The fraction of sp³-hybridized carbons (Fsp3) is 0.929. The van der Waals surface area contributed by atoms with E-state index >= 15 is 0 Å². The first-order valence-corrected chi connectivity index (χ1v) is 9.78. The summed E-state index contributed by atoms with van der Waals surface area (Å²) in [6.45, 7) is 15.5. The van der Waals surface area contributed by atoms with E-state index in [1.165, 1.54) is 6.92 Å². The molecular weight excluding hydrogens is 244 g/mol. The molecule has 4 heteroatoms. The van der Waals surface area contributed by atoms with Crippen LogP contribution in [0.2, 0.25) is 18.1 Å². The van der Waals surface area contributed by atoms with Crippen LogP contribution < -0.4 is 0 Å². The van der Waals surface area contributed by atoms with Crippen molar-refractivity contribution in [2.45, 2.75) is 78.1 Å². The van der Waals surface area contributed by atoms with E-state index in [9.17, 15) is 4.79 Å². The lowest BCUT2D eigenvalue weighted by Gasteiger charge is -2.38. The van der Waals surface area contributed by atoms with E-state index in [1.54, 1.807) is 0 Å². The average molecular weight is 274 g/mol. The third kappa shape index (κ3) is 7.16. The molecule has 0 unspecified atom stereocenters. The van der Waals surface area contributed by atoms with Gasteiger partial charge in [0.05, 0.1) is 6.61 Å². The molecule has 0 heterocycles. The summed E-state index contributed by atoms with van der Waals surface area (Å²) in [6, 6.07) is 0. The van der Waals surface area contributed by atoms with Gasteiger partial charge in [0.1, 0.15) is 0 Å². The number of unbranched alkanes of at least 4 members (excludes halogenated alkanes) is 1. The lowest BCUT2D eigenvalue weighted by molar-refractivity contribution is -0.141. The molecule has 0 spiro atoms. The van der Waals surface area contributed by atoms with Crippen molar-refractivity contribution >= 4 is 14.3 Å². The van der Waals surface area contributed by atoms with Crippen molar-refractivity contribution in [3.05, 3.63) is 0 Å². The summed E-state index contributed by atoms with van der Waals surface area (Å²) in [4.78, 5) is 10.6. The molecule has 0 rings (SSSR count). The highest BCUT2D eigenvalue weighted by atomic mass is 28.4. The number of hydrogen-bond donors (Lipinski definition) is 0. The molecule has 108 valence electrons. The normalized spacial score (nSPS) is 14.4. The summed E-state index contributed by atoms with van der Waals surface area (Å²) >= 11 is 0. The van der Waals surface area contributed by atoms with Crippen LogP contribution in [-0.4, -0.2) is 27.0 Å². The Morgan fingerprint density at radius 1 is 1.22 bits per heavy atom. The summed E-state index contributed by atoms with van der Waals surface area (Å²) in [5.74, 6) is -0.194. The average Bonchev–Trinajstić information content (AvgIpc) is 2.13. The summed E-state index contributed by atoms with van der Waals surface area (Å²) in [6.07, 6.45) is 3.30. The Bertz CT molecular complexity index is 256. The molecule has 0 amide bonds. The Kier molecular flexibility index (Phi) is 7.15. The van der Waals surface area contributed by atoms with Crippen molar-refractivity contribution in [3.63, 3.8) is 0 Å². The quantitative estimate of drug-likeness (QED) is 0.398. The molecule has 0 aliphatic carbocycles. The number of esters is 1. The van der Waals surface area contributed by atoms with Gasteiger partial charge in [0, 0.05) is 13.0 Å². The Labute approximate surface area is 113 Å². The predicted octanol–water partition coefficient (Wildman–Crippen LogP) is 4.13. The Hall–Kier alpha value is -0.353. The zero-order chi connectivity index (χ0) is 14.4. The number of carbonyl (C=O) groups is 1. The zero-order valence-corrected chi connectivity index (χ0v) is 14.1. The Morgan fingerprint density at radius 2 is 1.78 bits per heavy atom. The topological polar surface area (TPSA) is 35.5 Å². The van der Waals surface area contributed by atoms with E-state index in [0.29, 0.717) is 12.7 Å². The minimum absolute atomic E-state index is 0.194. The molecule has 0 saturated heterocycles. The Balaban J connectivity index is 3.84. The number of carbonyl (C=O) groups excluding carboxylic acids is 1. The van der Waals surface area contributed by atoms with Gasteiger partial charge in [0.2, 0.25) is 0 Å². The van der Waals surface area contributed by atoms with Crippen LogP contribution in [0, 0.1) is 0 Å². The second-order valence-electron chi connectivity index (χ2n) is 6.52. The first kappa shape index (κ1) is 17.6. The van der Waals surface area contributed by atoms with Crippen LogP contribution in [0.25, 0.3) is 0 Å². The van der Waals surface area contributed by atoms with Gasteiger partial charge in [0.25, 0.3) is 0 Å². The van der Waals surface area contributed by atoms with Gasteiger partial charge < -0.3 is 9.16 Å². The van der Waals surface area contributed by atoms with Gasteiger partial charge in [-0.15, -0.1) is 0 Å². The second kappa shape index (κ2) is 7.29. The molecular formula is C14H30O3Si. The molecule has 0 fully saturated rings. The zero-order valence-electron chi connectivity index (χ0n) is 13.1. The molecule has 18 heavy (non-hydrogen) atoms. The Morgan fingerprint density at radius 3 is 2.22 bits per heavy atom. The third-order valence-corrected chi connectivity index (χ3v) is 8.22. The second-order valence-corrected chi connectivity index (χ2v) is 11.3. The molecule has 0 radical (unpaired) electrons. The van der Waals surface area contributed by atoms with Gasteiger partial charge in [0.15, 0.2) is 8.32 Å². The maximum Gasteiger partial charge on any atom is 0.302 e. The highest BCUT2D eigenvalue weighted by Gasteiger charge is 2.38. The van der Waals surface area contributed by atoms with Crippen LogP contribution in [0.3, 0.4) is 0 Å². The first-order valence-electron chi connectivity index (χ1n) is 6.87. The van der Waals surface area contributed by atoms with Crippen LogP contribution >= 0.6 is 0 Å². The van der Waals surface area contributed by atoms with Crippen molar-refractivity contribution in [2.24, 2.45) is 0 Å². The van der Waals surface area contributed by atoms with Crippen LogP contribution in [-0.2, 0) is 14.0 Å². The minimum atomic E-state index is -1.64. The molecule has 0 N–H and O–H groups in total. The molecule has 1 atom stereocenters. The van der Waals surface area contributed by atoms with Crippen molar-refractivity contribution in [3.8, 4) is 0 Å². The molecule has 0 aromatic heterocycles. The summed E-state index contributed by atoms with van der Waals surface area (Å²) < 4.78 is 11.2. The largest absolute Gasteiger partial charge is 0.466 e. The van der Waals surface area contributed by atoms with E-state index in [-0.39, 0.29) is 11.0 Å². The lowest BCUT2D eigenvalue weighted by Crippen LogP contribution is -2.43. The molecule has 0 saturated carbocycles. The molecule has 0 aromatic carbocycles. The minimum Gasteiger partial charge on any atom is -0.466 e. The van der Waals surface area contributed by atoms with Crippen LogP contribution in [0.4, 0.5) is 0 Å². The van der Waals surface area contributed by atoms with Crippen LogP contribution in [0.5, 0.6) is 0 Å². The maximum absolute atomic E-state index is 10.6. The standard InChI is InChI=1S/C14H30O3Si/c1-12(10-8-9-11-16-13(2)15)17-18(6,7)14(3,4)5/h12H,8-11H2,1-7H3/t12-/m0/s1. The van der Waals surface area contributed by atoms with E-state index in [2.05, 4.69) is 40.8 Å². The van der Waals surface area contributed by atoms with Crippen molar-refractivity contribution in [2.75, 3.05) is 6.61 Å². The lowest BCUT2D eigenvalue weighted by atomic mass is 10.2. The summed E-state index contributed by atoms with van der Waals surface area (Å²) in [5.41, 5.74) is 0. The number of ether oxygens (including phenoxy) is 1. The fourth-order valence-electron chi connectivity index (χ4n) is 1.49. The predicted molar refractivity (Wildman–Crippen MR) is 78.2 cm³/mol. The highest BCUT2D eigenvalue weighted by molar-refractivity contribution is 6.74. The molecule has 0 aliphatic rings. The van der Waals surface area contributed by atoms with E-state index in [1.807, 2.05) is 0 Å². The first-order chi connectivity index (χ1) is 8.06. The van der Waals surface area contributed by atoms with Gasteiger partial charge in [-0.2, -0.15) is 0 Å².